The quantitative estimate of drug-likeness (QED) is 0.421. The minimum atomic E-state index is 0.220. The molecule has 36 heavy (non-hydrogen) atoms. The third-order valence-electron chi connectivity index (χ3n) is 6.66. The van der Waals surface area contributed by atoms with Crippen molar-refractivity contribution in [2.75, 3.05) is 43.2 Å². The van der Waals surface area contributed by atoms with Gasteiger partial charge in [0.15, 0.2) is 28.5 Å². The molecule has 0 saturated carbocycles. The smallest absolute Gasteiger partial charge is 0.231 e. The van der Waals surface area contributed by atoms with Gasteiger partial charge in [-0.2, -0.15) is 0 Å². The van der Waals surface area contributed by atoms with Gasteiger partial charge in [-0.25, -0.2) is 15.0 Å². The van der Waals surface area contributed by atoms with Crippen LogP contribution in [0.25, 0.3) is 11.2 Å². The first-order valence-electron chi connectivity index (χ1n) is 12.4. The van der Waals surface area contributed by atoms with Gasteiger partial charge in [-0.1, -0.05) is 12.1 Å². The molecule has 1 saturated heterocycles. The zero-order valence-electron chi connectivity index (χ0n) is 20.6. The predicted molar refractivity (Wildman–Crippen MR) is 137 cm³/mol. The van der Waals surface area contributed by atoms with Gasteiger partial charge in [0.2, 0.25) is 12.7 Å². The third kappa shape index (κ3) is 4.39. The van der Waals surface area contributed by atoms with Gasteiger partial charge in [-0.15, -0.1) is 0 Å². The van der Waals surface area contributed by atoms with Crippen LogP contribution in [0.5, 0.6) is 11.5 Å². The van der Waals surface area contributed by atoms with Crippen LogP contribution >= 0.6 is 0 Å². The topological polar surface area (TPSA) is 93.5 Å². The largest absolute Gasteiger partial charge is 0.454 e. The highest BCUT2D eigenvalue weighted by Crippen LogP contribution is 2.33. The number of ether oxygens (including phenoxy) is 2. The lowest BCUT2D eigenvalue weighted by molar-refractivity contribution is 0.174. The van der Waals surface area contributed by atoms with Crippen molar-refractivity contribution in [1.29, 1.82) is 0 Å². The van der Waals surface area contributed by atoms with Gasteiger partial charge in [0, 0.05) is 57.7 Å². The molecule has 1 N–H and O–H groups in total. The number of piperazine rings is 1. The van der Waals surface area contributed by atoms with E-state index in [4.69, 9.17) is 14.5 Å². The van der Waals surface area contributed by atoms with E-state index in [9.17, 15) is 0 Å². The summed E-state index contributed by atoms with van der Waals surface area (Å²) >= 11 is 0. The minimum Gasteiger partial charge on any atom is -0.454 e. The molecule has 6 rings (SSSR count). The number of rotatable bonds is 7. The molecule has 10 nitrogen and oxygen atoms in total. The molecule has 186 valence electrons. The van der Waals surface area contributed by atoms with Crippen LogP contribution in [0.15, 0.2) is 49.1 Å². The maximum Gasteiger partial charge on any atom is 0.231 e. The summed E-state index contributed by atoms with van der Waals surface area (Å²) in [5, 5.41) is 3.43. The lowest BCUT2D eigenvalue weighted by Crippen LogP contribution is -2.47. The Morgan fingerprint density at radius 1 is 1.00 bits per heavy atom. The van der Waals surface area contributed by atoms with Gasteiger partial charge in [-0.3, -0.25) is 14.5 Å². The molecule has 3 aromatic heterocycles. The standard InChI is InChI=1S/C26H30N8O2/c1-18(2)34-25-23(24(29-16-30-25)28-14-20-4-3-7-27-13-20)31-26(34)33-10-8-32(9-11-33)15-19-5-6-21-22(12-19)36-17-35-21/h3-7,12-13,16,18H,8-11,14-15,17H2,1-2H3,(H,28,29,30). The van der Waals surface area contributed by atoms with E-state index >= 15 is 0 Å². The SMILES string of the molecule is CC(C)n1c(N2CCN(Cc3ccc4c(c3)OCO4)CC2)nc2c(NCc3cccnc3)ncnc21. The normalized spacial score (nSPS) is 15.7. The Morgan fingerprint density at radius 2 is 1.86 bits per heavy atom. The van der Waals surface area contributed by atoms with Crippen molar-refractivity contribution < 1.29 is 9.47 Å². The fourth-order valence-electron chi connectivity index (χ4n) is 4.82. The van der Waals surface area contributed by atoms with E-state index < -0.39 is 0 Å². The number of anilines is 2. The van der Waals surface area contributed by atoms with E-state index in [1.807, 2.05) is 24.4 Å². The predicted octanol–water partition coefficient (Wildman–Crippen LogP) is 3.47. The zero-order valence-corrected chi connectivity index (χ0v) is 20.6. The lowest BCUT2D eigenvalue weighted by atomic mass is 10.1. The number of nitrogens with one attached hydrogen (secondary N) is 1. The third-order valence-corrected chi connectivity index (χ3v) is 6.66. The summed E-state index contributed by atoms with van der Waals surface area (Å²) in [6, 6.07) is 10.4. The van der Waals surface area contributed by atoms with Gasteiger partial charge in [0.25, 0.3) is 0 Å². The maximum atomic E-state index is 5.54. The van der Waals surface area contributed by atoms with Crippen molar-refractivity contribution in [1.82, 2.24) is 29.4 Å². The molecule has 4 aromatic rings. The van der Waals surface area contributed by atoms with Crippen LogP contribution in [0, 0.1) is 0 Å². The highest BCUT2D eigenvalue weighted by molar-refractivity contribution is 5.85. The number of pyridine rings is 1. The second kappa shape index (κ2) is 9.62. The van der Waals surface area contributed by atoms with Gasteiger partial charge >= 0.3 is 0 Å². The fraction of sp³-hybridized carbons (Fsp3) is 0.385. The maximum absolute atomic E-state index is 5.54. The van der Waals surface area contributed by atoms with Crippen LogP contribution in [-0.4, -0.2) is 62.4 Å². The summed E-state index contributed by atoms with van der Waals surface area (Å²) < 4.78 is 13.2. The number of fused-ring (bicyclic) bond motifs is 2. The number of nitrogens with zero attached hydrogens (tertiary/aromatic N) is 7. The number of hydrogen-bond donors (Lipinski definition) is 1. The van der Waals surface area contributed by atoms with E-state index in [-0.39, 0.29) is 6.04 Å². The van der Waals surface area contributed by atoms with Crippen molar-refractivity contribution in [3.63, 3.8) is 0 Å². The number of imidazole rings is 1. The van der Waals surface area contributed by atoms with Crippen molar-refractivity contribution in [3.05, 3.63) is 60.2 Å². The number of hydrogen-bond acceptors (Lipinski definition) is 9. The zero-order chi connectivity index (χ0) is 24.5. The first-order valence-corrected chi connectivity index (χ1v) is 12.4. The Labute approximate surface area is 209 Å². The Morgan fingerprint density at radius 3 is 2.67 bits per heavy atom. The Hall–Kier alpha value is -3.92. The summed E-state index contributed by atoms with van der Waals surface area (Å²) in [5.41, 5.74) is 3.98. The number of benzene rings is 1. The van der Waals surface area contributed by atoms with Crippen molar-refractivity contribution in [2.24, 2.45) is 0 Å². The molecule has 0 spiro atoms. The molecular formula is C26H30N8O2. The number of aromatic nitrogens is 5. The fourth-order valence-corrected chi connectivity index (χ4v) is 4.82. The van der Waals surface area contributed by atoms with Gasteiger partial charge < -0.3 is 19.7 Å². The Kier molecular flexibility index (Phi) is 6.02. The van der Waals surface area contributed by atoms with Gasteiger partial charge in [0.1, 0.15) is 6.33 Å². The second-order valence-corrected chi connectivity index (χ2v) is 9.44. The van der Waals surface area contributed by atoms with Crippen molar-refractivity contribution >= 4 is 22.9 Å². The summed E-state index contributed by atoms with van der Waals surface area (Å²) in [7, 11) is 0. The Bertz CT molecular complexity index is 1350. The molecular weight excluding hydrogens is 456 g/mol. The molecule has 0 amide bonds. The Balaban J connectivity index is 1.19. The van der Waals surface area contributed by atoms with Crippen LogP contribution in [0.1, 0.15) is 31.0 Å². The molecule has 0 bridgehead atoms. The van der Waals surface area contributed by atoms with Crippen LogP contribution in [0.2, 0.25) is 0 Å². The summed E-state index contributed by atoms with van der Waals surface area (Å²) in [6.45, 7) is 9.86. The minimum absolute atomic E-state index is 0.220. The summed E-state index contributed by atoms with van der Waals surface area (Å²) in [5.74, 6) is 3.36. The highest BCUT2D eigenvalue weighted by Gasteiger charge is 2.26. The molecule has 2 aliphatic heterocycles. The van der Waals surface area contributed by atoms with Crippen LogP contribution in [0.3, 0.4) is 0 Å². The molecule has 0 atom stereocenters. The van der Waals surface area contributed by atoms with Gasteiger partial charge in [0.05, 0.1) is 0 Å². The van der Waals surface area contributed by atoms with Crippen LogP contribution in [-0.2, 0) is 13.1 Å². The molecule has 0 unspecified atom stereocenters. The first kappa shape index (κ1) is 22.5. The molecule has 0 radical (unpaired) electrons. The molecule has 1 aromatic carbocycles. The highest BCUT2D eigenvalue weighted by atomic mass is 16.7. The molecule has 5 heterocycles. The van der Waals surface area contributed by atoms with Gasteiger partial charge in [-0.05, 0) is 43.2 Å². The molecule has 2 aliphatic rings. The van der Waals surface area contributed by atoms with E-state index in [1.165, 1.54) is 5.56 Å². The molecule has 1 fully saturated rings. The van der Waals surface area contributed by atoms with E-state index in [2.05, 4.69) is 60.6 Å². The molecule has 10 heteroatoms. The monoisotopic (exact) mass is 486 g/mol. The van der Waals surface area contributed by atoms with Crippen molar-refractivity contribution in [3.8, 4) is 11.5 Å². The average Bonchev–Trinajstić information content (AvgIpc) is 3.53. The summed E-state index contributed by atoms with van der Waals surface area (Å²) in [6.07, 6.45) is 5.24. The molecule has 0 aliphatic carbocycles. The van der Waals surface area contributed by atoms with E-state index in [0.717, 1.165) is 72.7 Å². The second-order valence-electron chi connectivity index (χ2n) is 9.44. The summed E-state index contributed by atoms with van der Waals surface area (Å²) in [4.78, 5) is 23.2. The lowest BCUT2D eigenvalue weighted by Gasteiger charge is -2.35. The average molecular weight is 487 g/mol. The van der Waals surface area contributed by atoms with E-state index in [1.54, 1.807) is 12.5 Å². The van der Waals surface area contributed by atoms with Crippen molar-refractivity contribution in [2.45, 2.75) is 33.0 Å². The first-order chi connectivity index (χ1) is 17.7. The van der Waals surface area contributed by atoms with E-state index in [0.29, 0.717) is 13.3 Å². The van der Waals surface area contributed by atoms with Crippen LogP contribution < -0.4 is 19.7 Å². The van der Waals surface area contributed by atoms with Crippen LogP contribution in [0.4, 0.5) is 11.8 Å².